The van der Waals surface area contributed by atoms with Gasteiger partial charge in [0.1, 0.15) is 0 Å². The highest BCUT2D eigenvalue weighted by atomic mass is 16.5. The molecule has 2 N–H and O–H groups in total. The lowest BCUT2D eigenvalue weighted by atomic mass is 10.0. The van der Waals surface area contributed by atoms with Crippen LogP contribution < -0.4 is 10.6 Å². The summed E-state index contributed by atoms with van der Waals surface area (Å²) in [4.78, 5) is 2.38. The Balaban J connectivity index is 1.98. The van der Waals surface area contributed by atoms with E-state index in [1.54, 1.807) is 0 Å². The van der Waals surface area contributed by atoms with Gasteiger partial charge in [-0.1, -0.05) is 30.3 Å². The van der Waals surface area contributed by atoms with Gasteiger partial charge in [0.2, 0.25) is 0 Å². The van der Waals surface area contributed by atoms with E-state index >= 15 is 0 Å². The van der Waals surface area contributed by atoms with E-state index in [4.69, 9.17) is 10.5 Å². The smallest absolute Gasteiger partial charge is 0.0642 e. The molecule has 19 heavy (non-hydrogen) atoms. The zero-order valence-electron chi connectivity index (χ0n) is 10.9. The van der Waals surface area contributed by atoms with E-state index in [0.29, 0.717) is 0 Å². The molecular weight excluding hydrogens is 236 g/mol. The highest BCUT2D eigenvalue weighted by Gasteiger charge is 2.14. The average Bonchev–Trinajstić information content (AvgIpc) is 2.49. The molecule has 1 saturated heterocycles. The number of rotatable bonds is 2. The molecule has 2 aromatic carbocycles. The molecule has 0 spiro atoms. The third kappa shape index (κ3) is 2.56. The molecule has 0 saturated carbocycles. The molecule has 0 aliphatic carbocycles. The summed E-state index contributed by atoms with van der Waals surface area (Å²) in [5, 5.41) is 0. The summed E-state index contributed by atoms with van der Waals surface area (Å²) in [7, 11) is 0. The van der Waals surface area contributed by atoms with E-state index < -0.39 is 0 Å². The van der Waals surface area contributed by atoms with Crippen LogP contribution in [0.2, 0.25) is 0 Å². The van der Waals surface area contributed by atoms with Gasteiger partial charge in [-0.15, -0.1) is 0 Å². The molecular formula is C16H18N2O. The molecule has 0 unspecified atom stereocenters. The van der Waals surface area contributed by atoms with Gasteiger partial charge in [0.15, 0.2) is 0 Å². The predicted octanol–water partition coefficient (Wildman–Crippen LogP) is 2.77. The Bertz CT molecular complexity index is 545. The number of hydrogen-bond acceptors (Lipinski definition) is 3. The molecule has 3 heteroatoms. The summed E-state index contributed by atoms with van der Waals surface area (Å²) in [5.74, 6) is 0. The standard InChI is InChI=1S/C16H18N2O/c17-14-7-5-13(6-8-14)15-3-1-2-4-16(15)18-9-11-19-12-10-18/h1-8H,9-12,17H2. The summed E-state index contributed by atoms with van der Waals surface area (Å²) in [6, 6.07) is 16.6. The van der Waals surface area contributed by atoms with Crippen LogP contribution in [0.15, 0.2) is 48.5 Å². The molecule has 3 nitrogen and oxygen atoms in total. The minimum Gasteiger partial charge on any atom is -0.399 e. The first kappa shape index (κ1) is 12.1. The number of benzene rings is 2. The quantitative estimate of drug-likeness (QED) is 0.837. The van der Waals surface area contributed by atoms with Crippen LogP contribution in [-0.4, -0.2) is 26.3 Å². The highest BCUT2D eigenvalue weighted by molar-refractivity contribution is 5.79. The van der Waals surface area contributed by atoms with Gasteiger partial charge in [0, 0.05) is 30.0 Å². The first-order chi connectivity index (χ1) is 9.34. The van der Waals surface area contributed by atoms with Crippen molar-refractivity contribution in [1.82, 2.24) is 0 Å². The van der Waals surface area contributed by atoms with Crippen LogP contribution in [-0.2, 0) is 4.74 Å². The van der Waals surface area contributed by atoms with E-state index in [2.05, 4.69) is 41.3 Å². The molecule has 1 aliphatic heterocycles. The highest BCUT2D eigenvalue weighted by Crippen LogP contribution is 2.31. The van der Waals surface area contributed by atoms with Gasteiger partial charge in [-0.05, 0) is 23.8 Å². The number of nitrogens with zero attached hydrogens (tertiary/aromatic N) is 1. The van der Waals surface area contributed by atoms with Gasteiger partial charge in [-0.2, -0.15) is 0 Å². The number of morpholine rings is 1. The van der Waals surface area contributed by atoms with Crippen LogP contribution in [0.1, 0.15) is 0 Å². The molecule has 1 fully saturated rings. The second kappa shape index (κ2) is 5.33. The molecule has 0 radical (unpaired) electrons. The van der Waals surface area contributed by atoms with Crippen molar-refractivity contribution in [2.75, 3.05) is 36.9 Å². The minimum atomic E-state index is 0.799. The Morgan fingerprint density at radius 3 is 2.32 bits per heavy atom. The number of anilines is 2. The zero-order chi connectivity index (χ0) is 13.1. The van der Waals surface area contributed by atoms with Crippen LogP contribution in [0.5, 0.6) is 0 Å². The minimum absolute atomic E-state index is 0.799. The van der Waals surface area contributed by atoms with Crippen molar-refractivity contribution in [2.45, 2.75) is 0 Å². The maximum atomic E-state index is 5.76. The summed E-state index contributed by atoms with van der Waals surface area (Å²) < 4.78 is 5.42. The molecule has 1 aliphatic rings. The maximum Gasteiger partial charge on any atom is 0.0642 e. The Morgan fingerprint density at radius 2 is 1.58 bits per heavy atom. The van der Waals surface area contributed by atoms with E-state index in [1.165, 1.54) is 16.8 Å². The first-order valence-electron chi connectivity index (χ1n) is 6.62. The van der Waals surface area contributed by atoms with E-state index in [-0.39, 0.29) is 0 Å². The summed E-state index contributed by atoms with van der Waals surface area (Å²) in [6.45, 7) is 3.50. The third-order valence-corrected chi connectivity index (χ3v) is 3.48. The van der Waals surface area contributed by atoms with E-state index in [0.717, 1.165) is 32.0 Å². The number of nitrogen functional groups attached to an aromatic ring is 1. The predicted molar refractivity (Wildman–Crippen MR) is 79.3 cm³/mol. The SMILES string of the molecule is Nc1ccc(-c2ccccc2N2CCOCC2)cc1. The lowest BCUT2D eigenvalue weighted by molar-refractivity contribution is 0.123. The van der Waals surface area contributed by atoms with Crippen LogP contribution in [0.4, 0.5) is 11.4 Å². The van der Waals surface area contributed by atoms with Gasteiger partial charge in [-0.25, -0.2) is 0 Å². The van der Waals surface area contributed by atoms with Gasteiger partial charge in [-0.3, -0.25) is 0 Å². The fraction of sp³-hybridized carbons (Fsp3) is 0.250. The number of nitrogens with two attached hydrogens (primary N) is 1. The van der Waals surface area contributed by atoms with Crippen LogP contribution in [0, 0.1) is 0 Å². The molecule has 98 valence electrons. The molecule has 3 rings (SSSR count). The van der Waals surface area contributed by atoms with Crippen molar-refractivity contribution in [3.63, 3.8) is 0 Å². The lowest BCUT2D eigenvalue weighted by Crippen LogP contribution is -2.36. The van der Waals surface area contributed by atoms with Crippen molar-refractivity contribution < 1.29 is 4.74 Å². The summed E-state index contributed by atoms with van der Waals surface area (Å²) in [5.41, 5.74) is 10.3. The monoisotopic (exact) mass is 254 g/mol. The van der Waals surface area contributed by atoms with Crippen molar-refractivity contribution in [3.8, 4) is 11.1 Å². The van der Waals surface area contributed by atoms with Crippen molar-refractivity contribution in [3.05, 3.63) is 48.5 Å². The van der Waals surface area contributed by atoms with Crippen LogP contribution in [0.3, 0.4) is 0 Å². The Hall–Kier alpha value is -2.00. The zero-order valence-corrected chi connectivity index (χ0v) is 10.9. The van der Waals surface area contributed by atoms with Gasteiger partial charge >= 0.3 is 0 Å². The largest absolute Gasteiger partial charge is 0.399 e. The molecule has 0 aromatic heterocycles. The Morgan fingerprint density at radius 1 is 0.895 bits per heavy atom. The number of ether oxygens (including phenoxy) is 1. The summed E-state index contributed by atoms with van der Waals surface area (Å²) >= 11 is 0. The number of hydrogen-bond donors (Lipinski definition) is 1. The molecule has 0 bridgehead atoms. The molecule has 0 atom stereocenters. The van der Waals surface area contributed by atoms with Crippen molar-refractivity contribution >= 4 is 11.4 Å². The second-order valence-electron chi connectivity index (χ2n) is 4.74. The third-order valence-electron chi connectivity index (χ3n) is 3.48. The van der Waals surface area contributed by atoms with E-state index in [1.807, 2.05) is 12.1 Å². The summed E-state index contributed by atoms with van der Waals surface area (Å²) in [6.07, 6.45) is 0. The lowest BCUT2D eigenvalue weighted by Gasteiger charge is -2.30. The van der Waals surface area contributed by atoms with Crippen LogP contribution in [0.25, 0.3) is 11.1 Å². The van der Waals surface area contributed by atoms with E-state index in [9.17, 15) is 0 Å². The van der Waals surface area contributed by atoms with Crippen molar-refractivity contribution in [2.24, 2.45) is 0 Å². The normalized spacial score (nSPS) is 15.5. The van der Waals surface area contributed by atoms with Gasteiger partial charge in [0.25, 0.3) is 0 Å². The molecule has 1 heterocycles. The second-order valence-corrected chi connectivity index (χ2v) is 4.74. The molecule has 0 amide bonds. The molecule has 2 aromatic rings. The topological polar surface area (TPSA) is 38.5 Å². The van der Waals surface area contributed by atoms with Crippen molar-refractivity contribution in [1.29, 1.82) is 0 Å². The maximum absolute atomic E-state index is 5.76. The number of para-hydroxylation sites is 1. The fourth-order valence-electron chi connectivity index (χ4n) is 2.46. The van der Waals surface area contributed by atoms with Gasteiger partial charge < -0.3 is 15.4 Å². The van der Waals surface area contributed by atoms with Crippen LogP contribution >= 0.6 is 0 Å². The average molecular weight is 254 g/mol. The Labute approximate surface area is 113 Å². The first-order valence-corrected chi connectivity index (χ1v) is 6.62. The van der Waals surface area contributed by atoms with Gasteiger partial charge in [0.05, 0.1) is 13.2 Å². The Kier molecular flexibility index (Phi) is 3.38. The fourth-order valence-corrected chi connectivity index (χ4v) is 2.46.